The van der Waals surface area contributed by atoms with E-state index in [0.29, 0.717) is 42.0 Å². The summed E-state index contributed by atoms with van der Waals surface area (Å²) in [4.78, 5) is 0. The van der Waals surface area contributed by atoms with Crippen molar-refractivity contribution in [2.75, 3.05) is 13.2 Å². The van der Waals surface area contributed by atoms with E-state index in [1.54, 1.807) is 18.2 Å². The van der Waals surface area contributed by atoms with Crippen LogP contribution in [0.1, 0.15) is 40.5 Å². The molecule has 0 radical (unpaired) electrons. The van der Waals surface area contributed by atoms with Gasteiger partial charge in [0.25, 0.3) is 0 Å². The van der Waals surface area contributed by atoms with E-state index in [9.17, 15) is 10.0 Å². The molecule has 4 nitrogen and oxygen atoms in total. The monoisotopic (exact) mass is 294 g/mol. The van der Waals surface area contributed by atoms with Gasteiger partial charge in [-0.25, -0.2) is 0 Å². The maximum Gasteiger partial charge on any atom is 0.488 e. The van der Waals surface area contributed by atoms with E-state index in [2.05, 4.69) is 27.7 Å². The summed E-state index contributed by atoms with van der Waals surface area (Å²) in [6, 6.07) is 5.02. The Balaban J connectivity index is 2.83. The molecule has 0 aliphatic carbocycles. The molecule has 21 heavy (non-hydrogen) atoms. The first kappa shape index (κ1) is 17.9. The lowest BCUT2D eigenvalue weighted by Crippen LogP contribution is -2.29. The standard InChI is InChI=1S/C16H27BO4/c1-5-12(3)10-20-15-8-7-14(17(18)19)9-16(15)21-11-13(4)6-2/h7-9,12-13,18-19H,5-6,10-11H2,1-4H3/t12-,13+/m0/s1. The lowest BCUT2D eigenvalue weighted by atomic mass is 9.80. The summed E-state index contributed by atoms with van der Waals surface area (Å²) in [6.45, 7) is 9.69. The summed E-state index contributed by atoms with van der Waals surface area (Å²) in [6.07, 6.45) is 2.09. The zero-order chi connectivity index (χ0) is 15.8. The largest absolute Gasteiger partial charge is 0.489 e. The Bertz CT molecular complexity index is 423. The molecule has 0 aromatic heterocycles. The van der Waals surface area contributed by atoms with Gasteiger partial charge in [0.05, 0.1) is 13.2 Å². The lowest BCUT2D eigenvalue weighted by molar-refractivity contribution is 0.218. The molecule has 0 unspecified atom stereocenters. The third kappa shape index (κ3) is 5.98. The van der Waals surface area contributed by atoms with Crippen molar-refractivity contribution in [3.63, 3.8) is 0 Å². The smallest absolute Gasteiger partial charge is 0.488 e. The maximum atomic E-state index is 9.28. The molecule has 0 bridgehead atoms. The quantitative estimate of drug-likeness (QED) is 0.686. The van der Waals surface area contributed by atoms with Crippen LogP contribution >= 0.6 is 0 Å². The van der Waals surface area contributed by atoms with Crippen LogP contribution in [0.5, 0.6) is 11.5 Å². The Kier molecular flexibility index (Phi) is 7.61. The molecule has 0 aliphatic rings. The third-order valence-corrected chi connectivity index (χ3v) is 3.71. The molecule has 1 aromatic rings. The second-order valence-corrected chi connectivity index (χ2v) is 5.73. The summed E-state index contributed by atoms with van der Waals surface area (Å²) in [5.41, 5.74) is 0.407. The van der Waals surface area contributed by atoms with Crippen molar-refractivity contribution in [1.29, 1.82) is 0 Å². The van der Waals surface area contributed by atoms with Gasteiger partial charge in [0.15, 0.2) is 11.5 Å². The molecule has 2 N–H and O–H groups in total. The van der Waals surface area contributed by atoms with Crippen LogP contribution < -0.4 is 14.9 Å². The number of ether oxygens (including phenoxy) is 2. The first-order valence-corrected chi connectivity index (χ1v) is 7.73. The highest BCUT2D eigenvalue weighted by Gasteiger charge is 2.16. The molecule has 0 aliphatic heterocycles. The zero-order valence-corrected chi connectivity index (χ0v) is 13.5. The first-order chi connectivity index (χ1) is 9.97. The Morgan fingerprint density at radius 1 is 0.952 bits per heavy atom. The average molecular weight is 294 g/mol. The Labute approximate surface area is 128 Å². The molecular formula is C16H27BO4. The van der Waals surface area contributed by atoms with Gasteiger partial charge in [-0.1, -0.05) is 46.6 Å². The van der Waals surface area contributed by atoms with Crippen LogP contribution in [0.2, 0.25) is 0 Å². The van der Waals surface area contributed by atoms with Crippen LogP contribution in [0.15, 0.2) is 18.2 Å². The summed E-state index contributed by atoms with van der Waals surface area (Å²) in [5, 5.41) is 18.6. The van der Waals surface area contributed by atoms with Crippen LogP contribution in [0, 0.1) is 11.8 Å². The van der Waals surface area contributed by atoms with Gasteiger partial charge in [0, 0.05) is 0 Å². The molecule has 2 atom stereocenters. The predicted molar refractivity (Wildman–Crippen MR) is 86.2 cm³/mol. The van der Waals surface area contributed by atoms with Gasteiger partial charge < -0.3 is 19.5 Å². The highest BCUT2D eigenvalue weighted by atomic mass is 16.5. The molecule has 1 aromatic carbocycles. The third-order valence-electron chi connectivity index (χ3n) is 3.71. The van der Waals surface area contributed by atoms with Gasteiger partial charge in [0.2, 0.25) is 0 Å². The van der Waals surface area contributed by atoms with Gasteiger partial charge in [-0.3, -0.25) is 0 Å². The lowest BCUT2D eigenvalue weighted by Gasteiger charge is -2.17. The van der Waals surface area contributed by atoms with E-state index in [-0.39, 0.29) is 0 Å². The van der Waals surface area contributed by atoms with E-state index in [0.717, 1.165) is 12.8 Å². The second-order valence-electron chi connectivity index (χ2n) is 5.73. The fraction of sp³-hybridized carbons (Fsp3) is 0.625. The van der Waals surface area contributed by atoms with E-state index in [1.807, 2.05) is 0 Å². The Morgan fingerprint density at radius 2 is 1.48 bits per heavy atom. The minimum absolute atomic E-state index is 0.407. The fourth-order valence-electron chi connectivity index (χ4n) is 1.62. The van der Waals surface area contributed by atoms with Crippen molar-refractivity contribution in [2.24, 2.45) is 11.8 Å². The summed E-state index contributed by atoms with van der Waals surface area (Å²) < 4.78 is 11.6. The van der Waals surface area contributed by atoms with Gasteiger partial charge in [-0.2, -0.15) is 0 Å². The molecular weight excluding hydrogens is 267 g/mol. The van der Waals surface area contributed by atoms with E-state index >= 15 is 0 Å². The summed E-state index contributed by atoms with van der Waals surface area (Å²) in [7, 11) is -1.50. The molecule has 0 saturated heterocycles. The normalized spacial score (nSPS) is 13.6. The number of benzene rings is 1. The topological polar surface area (TPSA) is 58.9 Å². The summed E-state index contributed by atoms with van der Waals surface area (Å²) in [5.74, 6) is 2.14. The van der Waals surface area contributed by atoms with Crippen LogP contribution in [0.25, 0.3) is 0 Å². The Morgan fingerprint density at radius 3 is 1.95 bits per heavy atom. The highest BCUT2D eigenvalue weighted by molar-refractivity contribution is 6.58. The van der Waals surface area contributed by atoms with Crippen molar-refractivity contribution >= 4 is 12.6 Å². The minimum Gasteiger partial charge on any atom is -0.489 e. The van der Waals surface area contributed by atoms with Crippen LogP contribution in [0.4, 0.5) is 0 Å². The molecule has 118 valence electrons. The zero-order valence-electron chi connectivity index (χ0n) is 13.5. The maximum absolute atomic E-state index is 9.28. The minimum atomic E-state index is -1.50. The van der Waals surface area contributed by atoms with Crippen molar-refractivity contribution < 1.29 is 19.5 Å². The van der Waals surface area contributed by atoms with E-state index in [1.165, 1.54) is 0 Å². The molecule has 0 heterocycles. The van der Waals surface area contributed by atoms with Crippen molar-refractivity contribution in [3.8, 4) is 11.5 Å². The van der Waals surface area contributed by atoms with Crippen LogP contribution in [0.3, 0.4) is 0 Å². The van der Waals surface area contributed by atoms with E-state index in [4.69, 9.17) is 9.47 Å². The van der Waals surface area contributed by atoms with Gasteiger partial charge in [-0.05, 0) is 29.4 Å². The molecule has 0 fully saturated rings. The van der Waals surface area contributed by atoms with Crippen LogP contribution in [-0.2, 0) is 0 Å². The number of hydrogen-bond donors (Lipinski definition) is 2. The highest BCUT2D eigenvalue weighted by Crippen LogP contribution is 2.27. The van der Waals surface area contributed by atoms with Gasteiger partial charge in [-0.15, -0.1) is 0 Å². The molecule has 0 spiro atoms. The number of hydrogen-bond acceptors (Lipinski definition) is 4. The summed E-state index contributed by atoms with van der Waals surface area (Å²) >= 11 is 0. The van der Waals surface area contributed by atoms with Crippen molar-refractivity contribution in [3.05, 3.63) is 18.2 Å². The second kappa shape index (κ2) is 8.95. The first-order valence-electron chi connectivity index (χ1n) is 7.73. The molecule has 0 saturated carbocycles. The van der Waals surface area contributed by atoms with E-state index < -0.39 is 7.12 Å². The fourth-order valence-corrected chi connectivity index (χ4v) is 1.62. The molecule has 5 heteroatoms. The van der Waals surface area contributed by atoms with Crippen molar-refractivity contribution in [1.82, 2.24) is 0 Å². The van der Waals surface area contributed by atoms with Crippen LogP contribution in [-0.4, -0.2) is 30.4 Å². The van der Waals surface area contributed by atoms with Crippen molar-refractivity contribution in [2.45, 2.75) is 40.5 Å². The Hall–Kier alpha value is -1.20. The average Bonchev–Trinajstić information content (AvgIpc) is 2.50. The predicted octanol–water partition coefficient (Wildman–Crippen LogP) is 2.22. The number of rotatable bonds is 9. The molecule has 1 rings (SSSR count). The SMILES string of the molecule is CC[C@@H](C)COc1cc(B(O)O)ccc1OC[C@@H](C)CC. The van der Waals surface area contributed by atoms with Gasteiger partial charge >= 0.3 is 7.12 Å². The molecule has 0 amide bonds. The van der Waals surface area contributed by atoms with Gasteiger partial charge in [0.1, 0.15) is 0 Å².